The van der Waals surface area contributed by atoms with Crippen molar-refractivity contribution in [3.63, 3.8) is 0 Å². The maximum atomic E-state index is 13.9. The van der Waals surface area contributed by atoms with Crippen LogP contribution in [0.5, 0.6) is 11.5 Å². The first-order chi connectivity index (χ1) is 28.2. The number of aromatic nitrogens is 2. The van der Waals surface area contributed by atoms with Crippen molar-refractivity contribution in [3.8, 4) is 11.5 Å². The molecule has 2 aromatic heterocycles. The summed E-state index contributed by atoms with van der Waals surface area (Å²) in [4.78, 5) is 37.4. The Kier molecular flexibility index (Phi) is 10.2. The number of carbonyl (C=O) groups excluding carboxylic acids is 1. The van der Waals surface area contributed by atoms with Gasteiger partial charge in [-0.1, -0.05) is 18.2 Å². The first-order valence-corrected chi connectivity index (χ1v) is 21.7. The Morgan fingerprint density at radius 3 is 2.59 bits per heavy atom. The Hall–Kier alpha value is -5.67. The summed E-state index contributed by atoms with van der Waals surface area (Å²) in [6.45, 7) is 4.42. The van der Waals surface area contributed by atoms with Crippen LogP contribution in [0.3, 0.4) is 0 Å². The van der Waals surface area contributed by atoms with E-state index in [2.05, 4.69) is 54.1 Å². The van der Waals surface area contributed by atoms with E-state index in [4.69, 9.17) is 9.47 Å². The first kappa shape index (κ1) is 37.9. The van der Waals surface area contributed by atoms with Gasteiger partial charge in [-0.3, -0.25) is 14.9 Å². The number of nitro benzene ring substituents is 1. The topological polar surface area (TPSA) is 172 Å². The van der Waals surface area contributed by atoms with Crippen molar-refractivity contribution in [1.29, 1.82) is 0 Å². The SMILES string of the molecule is O=C(NS(=O)(=O)c1ccc(NCC2CCOCC2)c([N+](=O)[O-])c1)c1ccc(N2CCC3(CCCN3c3ccccc3C3CC3)CC2)cc1Oc1cnc2[nH]ccc2c1. The van der Waals surface area contributed by atoms with Gasteiger partial charge in [0.2, 0.25) is 0 Å². The van der Waals surface area contributed by atoms with Gasteiger partial charge in [0.05, 0.1) is 21.6 Å². The molecule has 3 aromatic carbocycles. The fourth-order valence-electron chi connectivity index (χ4n) is 8.99. The number of nitro groups is 1. The average molecular weight is 806 g/mol. The zero-order valence-corrected chi connectivity index (χ0v) is 33.0. The van der Waals surface area contributed by atoms with E-state index in [-0.39, 0.29) is 28.5 Å². The van der Waals surface area contributed by atoms with E-state index in [0.717, 1.165) is 75.3 Å². The summed E-state index contributed by atoms with van der Waals surface area (Å²) in [6, 6.07) is 21.3. The third kappa shape index (κ3) is 7.67. The zero-order chi connectivity index (χ0) is 39.9. The lowest BCUT2D eigenvalue weighted by molar-refractivity contribution is -0.384. The van der Waals surface area contributed by atoms with Gasteiger partial charge in [-0.05, 0) is 111 Å². The van der Waals surface area contributed by atoms with Gasteiger partial charge < -0.3 is 29.6 Å². The monoisotopic (exact) mass is 805 g/mol. The molecule has 1 aliphatic carbocycles. The molecule has 9 rings (SSSR count). The molecule has 0 unspecified atom stereocenters. The summed E-state index contributed by atoms with van der Waals surface area (Å²) in [7, 11) is -4.54. The highest BCUT2D eigenvalue weighted by atomic mass is 32.2. The van der Waals surface area contributed by atoms with Crippen molar-refractivity contribution >= 4 is 49.7 Å². The minimum Gasteiger partial charge on any atom is -0.455 e. The third-order valence-corrected chi connectivity index (χ3v) is 13.7. The van der Waals surface area contributed by atoms with E-state index in [1.807, 2.05) is 12.1 Å². The van der Waals surface area contributed by atoms with Crippen molar-refractivity contribution in [3.05, 3.63) is 106 Å². The molecule has 0 bridgehead atoms. The molecule has 1 saturated carbocycles. The molecule has 15 heteroatoms. The average Bonchev–Trinajstić information content (AvgIpc) is 3.85. The van der Waals surface area contributed by atoms with Gasteiger partial charge >= 0.3 is 0 Å². The normalized spacial score (nSPS) is 18.4. The lowest BCUT2D eigenvalue weighted by Gasteiger charge is -2.47. The molecule has 4 fully saturated rings. The van der Waals surface area contributed by atoms with E-state index >= 15 is 0 Å². The van der Waals surface area contributed by atoms with Crippen molar-refractivity contribution in [1.82, 2.24) is 14.7 Å². The molecule has 4 aliphatic rings. The molecule has 302 valence electrons. The number of nitrogens with one attached hydrogen (secondary N) is 3. The van der Waals surface area contributed by atoms with E-state index < -0.39 is 31.4 Å². The predicted molar refractivity (Wildman–Crippen MR) is 222 cm³/mol. The Bertz CT molecular complexity index is 2450. The highest BCUT2D eigenvalue weighted by Gasteiger charge is 2.45. The summed E-state index contributed by atoms with van der Waals surface area (Å²) in [5, 5.41) is 16.0. The fraction of sp³-hybridized carbons (Fsp3) is 0.395. The van der Waals surface area contributed by atoms with Crippen LogP contribution in [0.15, 0.2) is 90.1 Å². The van der Waals surface area contributed by atoms with E-state index in [9.17, 15) is 23.3 Å². The molecule has 0 radical (unpaired) electrons. The molecule has 5 aromatic rings. The van der Waals surface area contributed by atoms with E-state index in [1.165, 1.54) is 36.2 Å². The van der Waals surface area contributed by atoms with Gasteiger partial charge in [-0.25, -0.2) is 18.1 Å². The van der Waals surface area contributed by atoms with Gasteiger partial charge in [0, 0.05) is 80.0 Å². The molecular formula is C43H47N7O7S. The molecule has 58 heavy (non-hydrogen) atoms. The maximum absolute atomic E-state index is 13.9. The smallest absolute Gasteiger partial charge is 0.293 e. The Labute approximate surface area is 337 Å². The molecule has 3 N–H and O–H groups in total. The maximum Gasteiger partial charge on any atom is 0.293 e. The van der Waals surface area contributed by atoms with Crippen LogP contribution in [0.1, 0.15) is 73.2 Å². The highest BCUT2D eigenvalue weighted by molar-refractivity contribution is 7.90. The van der Waals surface area contributed by atoms with E-state index in [1.54, 1.807) is 30.6 Å². The molecule has 3 aliphatic heterocycles. The summed E-state index contributed by atoms with van der Waals surface area (Å²) in [5.74, 6) is 0.536. The van der Waals surface area contributed by atoms with Crippen LogP contribution in [0.2, 0.25) is 0 Å². The number of amides is 1. The number of H-pyrrole nitrogens is 1. The Morgan fingerprint density at radius 1 is 0.983 bits per heavy atom. The minimum absolute atomic E-state index is 0.0159. The van der Waals surface area contributed by atoms with Gasteiger partial charge in [-0.2, -0.15) is 0 Å². The zero-order valence-electron chi connectivity index (χ0n) is 32.2. The second-order valence-corrected chi connectivity index (χ2v) is 17.7. The minimum atomic E-state index is -4.54. The highest BCUT2D eigenvalue weighted by Crippen LogP contribution is 2.49. The number of carbonyl (C=O) groups is 1. The second kappa shape index (κ2) is 15.6. The number of fused-ring (bicyclic) bond motifs is 1. The third-order valence-electron chi connectivity index (χ3n) is 12.3. The molecule has 14 nitrogen and oxygen atoms in total. The van der Waals surface area contributed by atoms with Crippen molar-refractivity contribution in [2.75, 3.05) is 54.5 Å². The van der Waals surface area contributed by atoms with Crippen LogP contribution < -0.4 is 24.6 Å². The molecular weight excluding hydrogens is 759 g/mol. The number of para-hydroxylation sites is 1. The van der Waals surface area contributed by atoms with Crippen LogP contribution in [0.25, 0.3) is 11.0 Å². The molecule has 1 amide bonds. The number of nitrogens with zero attached hydrogens (tertiary/aromatic N) is 4. The van der Waals surface area contributed by atoms with Gasteiger partial charge in [0.15, 0.2) is 0 Å². The number of piperidine rings is 1. The van der Waals surface area contributed by atoms with Crippen LogP contribution in [0.4, 0.5) is 22.7 Å². The first-order valence-electron chi connectivity index (χ1n) is 20.2. The lowest BCUT2D eigenvalue weighted by atomic mass is 9.84. The van der Waals surface area contributed by atoms with Gasteiger partial charge in [0.25, 0.3) is 21.6 Å². The number of benzene rings is 3. The number of hydrogen-bond donors (Lipinski definition) is 3. The van der Waals surface area contributed by atoms with Crippen LogP contribution in [-0.4, -0.2) is 74.1 Å². The number of ether oxygens (including phenoxy) is 2. The summed E-state index contributed by atoms with van der Waals surface area (Å²) in [5.41, 5.74) is 4.25. The fourth-order valence-corrected chi connectivity index (χ4v) is 9.98. The molecule has 3 saturated heterocycles. The quantitative estimate of drug-likeness (QED) is 0.0832. The van der Waals surface area contributed by atoms with Crippen molar-refractivity contribution in [2.45, 2.75) is 67.7 Å². The van der Waals surface area contributed by atoms with Crippen LogP contribution in [-0.2, 0) is 14.8 Å². The molecule has 1 spiro atoms. The van der Waals surface area contributed by atoms with Gasteiger partial charge in [-0.15, -0.1) is 0 Å². The number of anilines is 3. The van der Waals surface area contributed by atoms with Crippen LogP contribution >= 0.6 is 0 Å². The van der Waals surface area contributed by atoms with Crippen molar-refractivity contribution in [2.24, 2.45) is 5.92 Å². The number of aromatic amines is 1. The van der Waals surface area contributed by atoms with Crippen molar-refractivity contribution < 1.29 is 27.6 Å². The summed E-state index contributed by atoms with van der Waals surface area (Å²) in [6.07, 6.45) is 11.8. The predicted octanol–water partition coefficient (Wildman–Crippen LogP) is 7.74. The van der Waals surface area contributed by atoms with Gasteiger partial charge in [0.1, 0.15) is 22.8 Å². The number of hydrogen-bond acceptors (Lipinski definition) is 11. The number of sulfonamides is 1. The largest absolute Gasteiger partial charge is 0.455 e. The molecule has 5 heterocycles. The van der Waals surface area contributed by atoms with E-state index in [0.29, 0.717) is 37.1 Å². The molecule has 0 atom stereocenters. The number of pyridine rings is 1. The lowest BCUT2D eigenvalue weighted by Crippen LogP contribution is -2.52. The standard InChI is InChI=1S/C43H47N7O7S/c51-42(47-58(54,55)34-9-11-37(39(26-34)50(52)53)45-27-29-13-22-56-23-14-29)36-10-8-32(25-40(36)57-33-24-31-12-18-44-41(31)46-28-33)48-20-16-43(17-21-48)15-3-19-49(43)38-5-2-1-4-35(38)30-6-7-30/h1-2,4-5,8-12,18,24-26,28-30,45H,3,6-7,13-17,19-23,27H2,(H,44,46)(H,47,51). The van der Waals surface area contributed by atoms with Crippen LogP contribution in [0, 0.1) is 16.0 Å². The summed E-state index contributed by atoms with van der Waals surface area (Å²) < 4.78 is 41.2. The Balaban J connectivity index is 0.958. The second-order valence-electron chi connectivity index (χ2n) is 16.0. The Morgan fingerprint density at radius 2 is 1.79 bits per heavy atom. The number of rotatable bonds is 12. The summed E-state index contributed by atoms with van der Waals surface area (Å²) >= 11 is 0.